The average molecular weight is 282 g/mol. The van der Waals surface area contributed by atoms with Crippen molar-refractivity contribution >= 4 is 17.2 Å². The van der Waals surface area contributed by atoms with Gasteiger partial charge in [-0.2, -0.15) is 0 Å². The first-order chi connectivity index (χ1) is 8.95. The number of amides is 1. The lowest BCUT2D eigenvalue weighted by molar-refractivity contribution is -0.122. The fourth-order valence-corrected chi connectivity index (χ4v) is 2.95. The lowest BCUT2D eigenvalue weighted by Gasteiger charge is -2.14. The number of hydrogen-bond donors (Lipinski definition) is 1. The minimum atomic E-state index is 0.0694. The molecule has 1 aromatic rings. The van der Waals surface area contributed by atoms with E-state index in [-0.39, 0.29) is 11.3 Å². The molecule has 0 aliphatic carbocycles. The van der Waals surface area contributed by atoms with Crippen molar-refractivity contribution in [1.29, 1.82) is 0 Å². The van der Waals surface area contributed by atoms with Gasteiger partial charge < -0.3 is 10.1 Å². The molecule has 1 aliphatic rings. The second-order valence-corrected chi connectivity index (χ2v) is 7.03. The van der Waals surface area contributed by atoms with Crippen LogP contribution in [-0.2, 0) is 21.5 Å². The zero-order chi connectivity index (χ0) is 13.9. The van der Waals surface area contributed by atoms with Gasteiger partial charge in [0.05, 0.1) is 12.2 Å². The highest BCUT2D eigenvalue weighted by Crippen LogP contribution is 2.23. The van der Waals surface area contributed by atoms with Gasteiger partial charge in [0.25, 0.3) is 0 Å². The van der Waals surface area contributed by atoms with Crippen LogP contribution in [0.3, 0.4) is 0 Å². The monoisotopic (exact) mass is 282 g/mol. The third kappa shape index (κ3) is 4.28. The summed E-state index contributed by atoms with van der Waals surface area (Å²) in [4.78, 5) is 16.4. The average Bonchev–Trinajstić information content (AvgIpc) is 2.95. The fraction of sp³-hybridized carbons (Fsp3) is 0.714. The Morgan fingerprint density at radius 1 is 1.58 bits per heavy atom. The SMILES string of the molecule is CC(C)(C)c1csc(CNC(=O)C[C@H]2CCOC2)n1. The van der Waals surface area contributed by atoms with E-state index in [0.717, 1.165) is 30.3 Å². The molecular weight excluding hydrogens is 260 g/mol. The van der Waals surface area contributed by atoms with Crippen molar-refractivity contribution < 1.29 is 9.53 Å². The number of carbonyl (C=O) groups is 1. The number of rotatable bonds is 4. The summed E-state index contributed by atoms with van der Waals surface area (Å²) in [6.07, 6.45) is 1.57. The molecule has 106 valence electrons. The minimum absolute atomic E-state index is 0.0694. The van der Waals surface area contributed by atoms with E-state index in [9.17, 15) is 4.79 Å². The Morgan fingerprint density at radius 2 is 2.37 bits per heavy atom. The molecule has 0 radical (unpaired) electrons. The summed E-state index contributed by atoms with van der Waals surface area (Å²) >= 11 is 1.61. The normalized spacial score (nSPS) is 19.6. The summed E-state index contributed by atoms with van der Waals surface area (Å²) in [6, 6.07) is 0. The fourth-order valence-electron chi connectivity index (χ4n) is 1.99. The van der Waals surface area contributed by atoms with Crippen molar-refractivity contribution in [2.75, 3.05) is 13.2 Å². The predicted molar refractivity (Wildman–Crippen MR) is 76.2 cm³/mol. The van der Waals surface area contributed by atoms with Gasteiger partial charge in [-0.05, 0) is 12.3 Å². The van der Waals surface area contributed by atoms with E-state index in [1.54, 1.807) is 11.3 Å². The first-order valence-corrected chi connectivity index (χ1v) is 7.62. The summed E-state index contributed by atoms with van der Waals surface area (Å²) < 4.78 is 5.27. The number of nitrogens with one attached hydrogen (secondary N) is 1. The van der Waals surface area contributed by atoms with Crippen LogP contribution in [-0.4, -0.2) is 24.1 Å². The number of carbonyl (C=O) groups excluding carboxylic acids is 1. The van der Waals surface area contributed by atoms with Crippen molar-refractivity contribution in [2.24, 2.45) is 5.92 Å². The molecule has 5 heteroatoms. The summed E-state index contributed by atoms with van der Waals surface area (Å²) in [5.41, 5.74) is 1.16. The largest absolute Gasteiger partial charge is 0.381 e. The molecule has 2 heterocycles. The summed E-state index contributed by atoms with van der Waals surface area (Å²) in [5, 5.41) is 5.99. The highest BCUT2D eigenvalue weighted by molar-refractivity contribution is 7.09. The van der Waals surface area contributed by atoms with Gasteiger partial charge in [-0.1, -0.05) is 20.8 Å². The van der Waals surface area contributed by atoms with E-state index in [0.29, 0.717) is 18.9 Å². The Hall–Kier alpha value is -0.940. The van der Waals surface area contributed by atoms with E-state index in [1.165, 1.54) is 0 Å². The Morgan fingerprint density at radius 3 is 2.95 bits per heavy atom. The van der Waals surface area contributed by atoms with Gasteiger partial charge in [-0.15, -0.1) is 11.3 Å². The van der Waals surface area contributed by atoms with Crippen molar-refractivity contribution in [3.63, 3.8) is 0 Å². The molecule has 0 aromatic carbocycles. The van der Waals surface area contributed by atoms with Crippen LogP contribution in [0.2, 0.25) is 0 Å². The topological polar surface area (TPSA) is 51.2 Å². The second-order valence-electron chi connectivity index (χ2n) is 6.09. The van der Waals surface area contributed by atoms with Crippen molar-refractivity contribution in [1.82, 2.24) is 10.3 Å². The minimum Gasteiger partial charge on any atom is -0.381 e. The van der Waals surface area contributed by atoms with Gasteiger partial charge in [0.2, 0.25) is 5.91 Å². The maximum Gasteiger partial charge on any atom is 0.220 e. The third-order valence-corrected chi connectivity index (χ3v) is 4.10. The van der Waals surface area contributed by atoms with Gasteiger partial charge >= 0.3 is 0 Å². The molecule has 1 fully saturated rings. The molecule has 0 bridgehead atoms. The molecular formula is C14H22N2O2S. The molecule has 1 aliphatic heterocycles. The molecule has 1 N–H and O–H groups in total. The maximum absolute atomic E-state index is 11.8. The Balaban J connectivity index is 1.78. The Kier molecular flexibility index (Phi) is 4.58. The number of ether oxygens (including phenoxy) is 1. The summed E-state index contributed by atoms with van der Waals surface area (Å²) in [7, 11) is 0. The van der Waals surface area contributed by atoms with Gasteiger partial charge in [0.15, 0.2) is 0 Å². The molecule has 1 aromatic heterocycles. The van der Waals surface area contributed by atoms with Crippen LogP contribution < -0.4 is 5.32 Å². The molecule has 1 amide bonds. The van der Waals surface area contributed by atoms with Gasteiger partial charge in [-0.3, -0.25) is 4.79 Å². The molecule has 19 heavy (non-hydrogen) atoms. The van der Waals surface area contributed by atoms with Gasteiger partial charge in [0, 0.05) is 30.4 Å². The maximum atomic E-state index is 11.8. The molecule has 0 spiro atoms. The quantitative estimate of drug-likeness (QED) is 0.923. The highest BCUT2D eigenvalue weighted by atomic mass is 32.1. The number of hydrogen-bond acceptors (Lipinski definition) is 4. The van der Waals surface area contributed by atoms with Gasteiger partial charge in [-0.25, -0.2) is 4.98 Å². The summed E-state index contributed by atoms with van der Waals surface area (Å²) in [6.45, 7) is 8.48. The first kappa shape index (κ1) is 14.5. The predicted octanol–water partition coefficient (Wildman–Crippen LogP) is 2.48. The van der Waals surface area contributed by atoms with Crippen LogP contribution in [0.5, 0.6) is 0 Å². The van der Waals surface area contributed by atoms with E-state index < -0.39 is 0 Å². The van der Waals surface area contributed by atoms with Crippen molar-refractivity contribution in [3.8, 4) is 0 Å². The second kappa shape index (κ2) is 6.01. The van der Waals surface area contributed by atoms with Crippen LogP contribution in [0.4, 0.5) is 0 Å². The Labute approximate surface area is 118 Å². The zero-order valence-electron chi connectivity index (χ0n) is 11.9. The van der Waals surface area contributed by atoms with E-state index in [4.69, 9.17) is 4.74 Å². The number of nitrogens with zero attached hydrogens (tertiary/aromatic N) is 1. The first-order valence-electron chi connectivity index (χ1n) is 6.74. The number of aromatic nitrogens is 1. The van der Waals surface area contributed by atoms with Crippen LogP contribution in [0.25, 0.3) is 0 Å². The molecule has 0 unspecified atom stereocenters. The zero-order valence-corrected chi connectivity index (χ0v) is 12.7. The summed E-state index contributed by atoms with van der Waals surface area (Å²) in [5.74, 6) is 0.490. The van der Waals surface area contributed by atoms with Gasteiger partial charge in [0.1, 0.15) is 5.01 Å². The van der Waals surface area contributed by atoms with E-state index in [1.807, 2.05) is 0 Å². The van der Waals surface area contributed by atoms with Crippen LogP contribution in [0, 0.1) is 5.92 Å². The van der Waals surface area contributed by atoms with E-state index >= 15 is 0 Å². The lowest BCUT2D eigenvalue weighted by atomic mass is 9.93. The van der Waals surface area contributed by atoms with Crippen molar-refractivity contribution in [3.05, 3.63) is 16.1 Å². The third-order valence-electron chi connectivity index (χ3n) is 3.26. The van der Waals surface area contributed by atoms with Crippen LogP contribution >= 0.6 is 11.3 Å². The molecule has 1 atom stereocenters. The van der Waals surface area contributed by atoms with E-state index in [2.05, 4.69) is 36.5 Å². The lowest BCUT2D eigenvalue weighted by Crippen LogP contribution is -2.25. The molecule has 0 saturated carbocycles. The number of thiazole rings is 1. The molecule has 1 saturated heterocycles. The molecule has 2 rings (SSSR count). The highest BCUT2D eigenvalue weighted by Gasteiger charge is 2.20. The molecule has 4 nitrogen and oxygen atoms in total. The Bertz CT molecular complexity index is 431. The van der Waals surface area contributed by atoms with Crippen molar-refractivity contribution in [2.45, 2.75) is 45.6 Å². The van der Waals surface area contributed by atoms with Crippen LogP contribution in [0.1, 0.15) is 44.3 Å². The van der Waals surface area contributed by atoms with Crippen LogP contribution in [0.15, 0.2) is 5.38 Å². The smallest absolute Gasteiger partial charge is 0.220 e. The standard InChI is InChI=1S/C14H22N2O2S/c1-14(2,3)11-9-19-13(16-11)7-15-12(17)6-10-4-5-18-8-10/h9-10H,4-8H2,1-3H3,(H,15,17)/t10-/m1/s1.